The average Bonchev–Trinajstić information content (AvgIpc) is 3.14. The van der Waals surface area contributed by atoms with Crippen molar-refractivity contribution in [1.82, 2.24) is 15.3 Å². The van der Waals surface area contributed by atoms with E-state index in [9.17, 15) is 0 Å². The lowest BCUT2D eigenvalue weighted by atomic mass is 10.1. The van der Waals surface area contributed by atoms with E-state index in [0.717, 1.165) is 38.4 Å². The summed E-state index contributed by atoms with van der Waals surface area (Å²) in [6.45, 7) is 3.57. The van der Waals surface area contributed by atoms with E-state index in [1.54, 1.807) is 7.11 Å². The minimum Gasteiger partial charge on any atom is -0.481 e. The van der Waals surface area contributed by atoms with Crippen LogP contribution in [0.15, 0.2) is 6.07 Å². The number of thiocarbonyl (C=S) groups is 1. The van der Waals surface area contributed by atoms with Crippen LogP contribution in [0.1, 0.15) is 32.1 Å². The molecule has 0 amide bonds. The predicted octanol–water partition coefficient (Wildman–Crippen LogP) is 1.94. The zero-order chi connectivity index (χ0) is 16.8. The van der Waals surface area contributed by atoms with Crippen molar-refractivity contribution in [1.29, 1.82) is 0 Å². The molecule has 2 saturated heterocycles. The van der Waals surface area contributed by atoms with Crippen LogP contribution in [0, 0.1) is 0 Å². The van der Waals surface area contributed by atoms with Crippen molar-refractivity contribution in [3.63, 3.8) is 0 Å². The molecule has 8 heteroatoms. The summed E-state index contributed by atoms with van der Waals surface area (Å²) in [4.78, 5) is 11.2. The quantitative estimate of drug-likeness (QED) is 0.780. The van der Waals surface area contributed by atoms with Gasteiger partial charge >= 0.3 is 0 Å². The molecule has 2 aliphatic rings. The molecule has 2 fully saturated rings. The molecule has 1 aromatic rings. The largest absolute Gasteiger partial charge is 0.481 e. The van der Waals surface area contributed by atoms with Crippen LogP contribution in [0.2, 0.25) is 0 Å². The Labute approximate surface area is 148 Å². The maximum absolute atomic E-state index is 5.58. The second-order valence-electron chi connectivity index (χ2n) is 6.11. The van der Waals surface area contributed by atoms with Crippen LogP contribution >= 0.6 is 12.2 Å². The van der Waals surface area contributed by atoms with Gasteiger partial charge in [-0.25, -0.2) is 0 Å². The van der Waals surface area contributed by atoms with Crippen molar-refractivity contribution >= 4 is 29.1 Å². The summed E-state index contributed by atoms with van der Waals surface area (Å²) in [6, 6.07) is 1.87. The van der Waals surface area contributed by atoms with Crippen LogP contribution in [-0.4, -0.2) is 54.5 Å². The molecule has 1 aromatic heterocycles. The van der Waals surface area contributed by atoms with Gasteiger partial charge in [0.15, 0.2) is 5.11 Å². The van der Waals surface area contributed by atoms with Crippen molar-refractivity contribution in [2.75, 3.05) is 43.6 Å². The van der Waals surface area contributed by atoms with Crippen LogP contribution in [0.3, 0.4) is 0 Å². The van der Waals surface area contributed by atoms with Gasteiger partial charge in [-0.15, -0.1) is 0 Å². The fourth-order valence-corrected chi connectivity index (χ4v) is 3.19. The molecule has 3 heterocycles. The minimum atomic E-state index is 0.236. The molecule has 1 unspecified atom stereocenters. The summed E-state index contributed by atoms with van der Waals surface area (Å²) in [6.07, 6.45) is 6.09. The van der Waals surface area contributed by atoms with E-state index in [-0.39, 0.29) is 6.10 Å². The number of piperidine rings is 1. The van der Waals surface area contributed by atoms with Crippen molar-refractivity contribution < 1.29 is 9.47 Å². The van der Waals surface area contributed by atoms with E-state index in [1.807, 2.05) is 6.07 Å². The molecule has 2 aliphatic heterocycles. The highest BCUT2D eigenvalue weighted by Crippen LogP contribution is 2.22. The first-order valence-electron chi connectivity index (χ1n) is 8.59. The van der Waals surface area contributed by atoms with E-state index >= 15 is 0 Å². The van der Waals surface area contributed by atoms with Gasteiger partial charge in [0.25, 0.3) is 0 Å². The summed E-state index contributed by atoms with van der Waals surface area (Å²) in [5.41, 5.74) is 0. The molecule has 132 valence electrons. The van der Waals surface area contributed by atoms with E-state index in [1.165, 1.54) is 19.3 Å². The third-order valence-electron chi connectivity index (χ3n) is 4.32. The van der Waals surface area contributed by atoms with Gasteiger partial charge in [-0.05, 0) is 44.3 Å². The summed E-state index contributed by atoms with van der Waals surface area (Å²) in [5, 5.41) is 6.73. The van der Waals surface area contributed by atoms with Gasteiger partial charge in [0.2, 0.25) is 11.8 Å². The zero-order valence-electron chi connectivity index (χ0n) is 14.1. The van der Waals surface area contributed by atoms with Gasteiger partial charge in [0.1, 0.15) is 5.82 Å². The topological polar surface area (TPSA) is 71.5 Å². The number of hydrogen-bond donors (Lipinski definition) is 2. The summed E-state index contributed by atoms with van der Waals surface area (Å²) in [7, 11) is 1.61. The van der Waals surface area contributed by atoms with Crippen molar-refractivity contribution in [2.24, 2.45) is 0 Å². The lowest BCUT2D eigenvalue weighted by Crippen LogP contribution is -2.35. The molecule has 0 spiro atoms. The molecule has 0 saturated carbocycles. The summed E-state index contributed by atoms with van der Waals surface area (Å²) >= 11 is 5.34. The first-order chi connectivity index (χ1) is 11.7. The Hall–Kier alpha value is -1.67. The second kappa shape index (κ2) is 8.43. The normalized spacial score (nSPS) is 20.7. The van der Waals surface area contributed by atoms with Crippen LogP contribution in [0.5, 0.6) is 5.88 Å². The monoisotopic (exact) mass is 351 g/mol. The smallest absolute Gasteiger partial charge is 0.234 e. The molecular weight excluding hydrogens is 326 g/mol. The van der Waals surface area contributed by atoms with E-state index in [4.69, 9.17) is 21.7 Å². The lowest BCUT2D eigenvalue weighted by Gasteiger charge is -2.28. The fourth-order valence-electron chi connectivity index (χ4n) is 3.02. The number of nitrogens with one attached hydrogen (secondary N) is 2. The first-order valence-corrected chi connectivity index (χ1v) is 9.00. The molecule has 0 bridgehead atoms. The minimum absolute atomic E-state index is 0.236. The molecule has 1 atom stereocenters. The third kappa shape index (κ3) is 4.67. The Morgan fingerprint density at radius 3 is 2.88 bits per heavy atom. The maximum atomic E-state index is 5.58. The second-order valence-corrected chi connectivity index (χ2v) is 6.52. The number of rotatable bonds is 5. The van der Waals surface area contributed by atoms with Crippen LogP contribution in [0.4, 0.5) is 11.8 Å². The maximum Gasteiger partial charge on any atom is 0.234 e. The number of ether oxygens (including phenoxy) is 2. The highest BCUT2D eigenvalue weighted by atomic mass is 32.1. The summed E-state index contributed by atoms with van der Waals surface area (Å²) in [5.74, 6) is 1.88. The van der Waals surface area contributed by atoms with Gasteiger partial charge in [0, 0.05) is 32.3 Å². The van der Waals surface area contributed by atoms with Crippen molar-refractivity contribution in [3.8, 4) is 5.88 Å². The van der Waals surface area contributed by atoms with Crippen molar-refractivity contribution in [2.45, 2.75) is 38.2 Å². The highest BCUT2D eigenvalue weighted by Gasteiger charge is 2.17. The Morgan fingerprint density at radius 2 is 2.17 bits per heavy atom. The number of hydrogen-bond acceptors (Lipinski definition) is 6. The van der Waals surface area contributed by atoms with Gasteiger partial charge in [0.05, 0.1) is 13.2 Å². The molecule has 0 aromatic carbocycles. The van der Waals surface area contributed by atoms with Crippen LogP contribution in [-0.2, 0) is 4.74 Å². The first kappa shape index (κ1) is 17.2. The van der Waals surface area contributed by atoms with Crippen LogP contribution in [0.25, 0.3) is 0 Å². The SMILES string of the molecule is COc1cc(N2CCCCC2)nc(NC(=S)NCC2CCCO2)n1. The zero-order valence-corrected chi connectivity index (χ0v) is 14.9. The summed E-state index contributed by atoms with van der Waals surface area (Å²) < 4.78 is 10.9. The number of anilines is 2. The highest BCUT2D eigenvalue weighted by molar-refractivity contribution is 7.80. The third-order valence-corrected chi connectivity index (χ3v) is 4.56. The number of aromatic nitrogens is 2. The lowest BCUT2D eigenvalue weighted by molar-refractivity contribution is 0.114. The molecule has 0 aliphatic carbocycles. The Bertz CT molecular complexity index is 559. The Balaban J connectivity index is 1.61. The molecule has 0 radical (unpaired) electrons. The molecule has 3 rings (SSSR count). The Morgan fingerprint density at radius 1 is 1.33 bits per heavy atom. The van der Waals surface area contributed by atoms with E-state index in [2.05, 4.69) is 25.5 Å². The number of nitrogens with zero attached hydrogens (tertiary/aromatic N) is 3. The molecule has 2 N–H and O–H groups in total. The van der Waals surface area contributed by atoms with Gasteiger partial charge in [-0.1, -0.05) is 0 Å². The number of methoxy groups -OCH3 is 1. The van der Waals surface area contributed by atoms with Gasteiger partial charge in [-0.2, -0.15) is 9.97 Å². The molecule has 7 nitrogen and oxygen atoms in total. The predicted molar refractivity (Wildman–Crippen MR) is 97.8 cm³/mol. The van der Waals surface area contributed by atoms with E-state index < -0.39 is 0 Å². The van der Waals surface area contributed by atoms with Gasteiger partial charge < -0.3 is 25.0 Å². The Kier molecular flexibility index (Phi) is 6.03. The fraction of sp³-hybridized carbons (Fsp3) is 0.688. The average molecular weight is 351 g/mol. The molecule has 24 heavy (non-hydrogen) atoms. The standard InChI is InChI=1S/C16H25N5O2S/c1-22-14-10-13(21-7-3-2-4-8-21)18-15(19-14)20-16(24)17-11-12-6-5-9-23-12/h10,12H,2-9,11H2,1H3,(H2,17,18,19,20,24). The van der Waals surface area contributed by atoms with Gasteiger partial charge in [-0.3, -0.25) is 0 Å². The molecular formula is C16H25N5O2S. The van der Waals surface area contributed by atoms with Crippen LogP contribution < -0.4 is 20.3 Å². The van der Waals surface area contributed by atoms with E-state index in [0.29, 0.717) is 23.5 Å². The van der Waals surface area contributed by atoms with Crippen molar-refractivity contribution in [3.05, 3.63) is 6.07 Å².